The Morgan fingerprint density at radius 3 is 2.94 bits per heavy atom. The Kier molecular flexibility index (Phi) is 3.38. The summed E-state index contributed by atoms with van der Waals surface area (Å²) in [4.78, 5) is 8.77. The molecule has 0 saturated carbocycles. The molecule has 0 amide bonds. The van der Waals surface area contributed by atoms with E-state index in [-0.39, 0.29) is 0 Å². The van der Waals surface area contributed by atoms with Crippen LogP contribution in [0.1, 0.15) is 30.2 Å². The summed E-state index contributed by atoms with van der Waals surface area (Å²) in [6, 6.07) is 4.07. The van der Waals surface area contributed by atoms with Crippen LogP contribution in [0.5, 0.6) is 0 Å². The highest BCUT2D eigenvalue weighted by Crippen LogP contribution is 2.21. The quantitative estimate of drug-likeness (QED) is 0.811. The second-order valence-corrected chi connectivity index (χ2v) is 4.32. The average Bonchev–Trinajstić information content (AvgIpc) is 2.87. The van der Waals surface area contributed by atoms with Gasteiger partial charge in [0.05, 0.1) is 23.5 Å². The predicted molar refractivity (Wildman–Crippen MR) is 73.4 cm³/mol. The van der Waals surface area contributed by atoms with Crippen LogP contribution in [0, 0.1) is 18.3 Å². The highest BCUT2D eigenvalue weighted by molar-refractivity contribution is 6.14. The first-order chi connectivity index (χ1) is 8.65. The maximum Gasteiger partial charge on any atom is 0.101 e. The summed E-state index contributed by atoms with van der Waals surface area (Å²) >= 11 is 0. The minimum absolute atomic E-state index is 0.622. The highest BCUT2D eigenvalue weighted by Gasteiger charge is 2.13. The van der Waals surface area contributed by atoms with E-state index in [2.05, 4.69) is 29.5 Å². The van der Waals surface area contributed by atoms with E-state index in [0.717, 1.165) is 34.5 Å². The average molecular weight is 237 g/mol. The van der Waals surface area contributed by atoms with Gasteiger partial charge >= 0.3 is 0 Å². The normalized spacial score (nSPS) is 13.8. The number of aryl methyl sites for hydroxylation is 1. The van der Waals surface area contributed by atoms with Crippen LogP contribution in [0.2, 0.25) is 0 Å². The zero-order valence-corrected chi connectivity index (χ0v) is 10.7. The number of pyridine rings is 1. The van der Waals surface area contributed by atoms with E-state index >= 15 is 0 Å². The van der Waals surface area contributed by atoms with E-state index in [1.54, 1.807) is 6.20 Å². The van der Waals surface area contributed by atoms with Crippen molar-refractivity contribution in [2.75, 3.05) is 6.54 Å². The molecule has 1 aliphatic rings. The van der Waals surface area contributed by atoms with Gasteiger partial charge in [0.1, 0.15) is 6.07 Å². The minimum atomic E-state index is 0.622. The molecule has 18 heavy (non-hydrogen) atoms. The van der Waals surface area contributed by atoms with E-state index in [0.29, 0.717) is 12.1 Å². The first kappa shape index (κ1) is 12.3. The van der Waals surface area contributed by atoms with Gasteiger partial charge in [0.2, 0.25) is 0 Å². The molecule has 0 atom stereocenters. The number of hydrogen-bond acceptors (Lipinski definition) is 3. The number of aromatic nitrogens is 1. The molecule has 0 spiro atoms. The Bertz CT molecular complexity index is 601. The fourth-order valence-electron chi connectivity index (χ4n) is 1.83. The molecule has 0 bridgehead atoms. The maximum atomic E-state index is 8.88. The number of allylic oxidation sites excluding steroid dienone is 2. The predicted octanol–water partition coefficient (Wildman–Crippen LogP) is 3.07. The molecule has 1 aromatic rings. The highest BCUT2D eigenvalue weighted by atomic mass is 14.8. The van der Waals surface area contributed by atoms with Crippen LogP contribution in [0.25, 0.3) is 5.57 Å². The van der Waals surface area contributed by atoms with Crippen molar-refractivity contribution in [1.29, 1.82) is 5.26 Å². The van der Waals surface area contributed by atoms with Crippen LogP contribution in [-0.4, -0.2) is 17.2 Å². The van der Waals surface area contributed by atoms with Gasteiger partial charge in [-0.3, -0.25) is 9.98 Å². The Morgan fingerprint density at radius 2 is 2.33 bits per heavy atom. The lowest BCUT2D eigenvalue weighted by atomic mass is 10.1. The Morgan fingerprint density at radius 1 is 1.56 bits per heavy atom. The summed E-state index contributed by atoms with van der Waals surface area (Å²) in [5.41, 5.74) is 5.58. The molecule has 0 aromatic carbocycles. The standard InChI is InChI=1S/C15H15N3/c1-4-10(2)14-6-12(8-17-14)15-5-11(3)13(7-16)9-18-15/h5-6,9H,2,4,8H2,1,3H3. The lowest BCUT2D eigenvalue weighted by Crippen LogP contribution is -1.95. The summed E-state index contributed by atoms with van der Waals surface area (Å²) in [6.07, 6.45) is 4.57. The number of rotatable bonds is 3. The van der Waals surface area contributed by atoms with Crippen molar-refractivity contribution in [2.45, 2.75) is 20.3 Å². The fourth-order valence-corrected chi connectivity index (χ4v) is 1.83. The number of aliphatic imine (C=N–C) groups is 1. The van der Waals surface area contributed by atoms with Crippen LogP contribution >= 0.6 is 0 Å². The Labute approximate surface area is 107 Å². The SMILES string of the molecule is C=C(CC)C1=NCC(c2cc(C)c(C#N)cn2)=C1. The zero-order chi connectivity index (χ0) is 13.1. The van der Waals surface area contributed by atoms with Crippen LogP contribution in [0.4, 0.5) is 0 Å². The molecular weight excluding hydrogens is 222 g/mol. The fraction of sp³-hybridized carbons (Fsp3) is 0.267. The first-order valence-corrected chi connectivity index (χ1v) is 5.96. The summed E-state index contributed by atoms with van der Waals surface area (Å²) in [5, 5.41) is 8.88. The molecule has 2 heterocycles. The van der Waals surface area contributed by atoms with Gasteiger partial charge in [-0.05, 0) is 36.6 Å². The van der Waals surface area contributed by atoms with Gasteiger partial charge in [0, 0.05) is 11.8 Å². The van der Waals surface area contributed by atoms with Crippen LogP contribution in [-0.2, 0) is 0 Å². The smallest absolute Gasteiger partial charge is 0.101 e. The molecule has 1 aliphatic heterocycles. The lowest BCUT2D eigenvalue weighted by molar-refractivity contribution is 1.16. The molecule has 3 nitrogen and oxygen atoms in total. The third-order valence-electron chi connectivity index (χ3n) is 3.08. The second-order valence-electron chi connectivity index (χ2n) is 4.32. The zero-order valence-electron chi connectivity index (χ0n) is 10.7. The lowest BCUT2D eigenvalue weighted by Gasteiger charge is -2.02. The summed E-state index contributed by atoms with van der Waals surface area (Å²) in [7, 11) is 0. The molecule has 2 rings (SSSR count). The van der Waals surface area contributed by atoms with Gasteiger partial charge in [0.15, 0.2) is 0 Å². The molecule has 0 radical (unpaired) electrons. The molecule has 3 heteroatoms. The van der Waals surface area contributed by atoms with Crippen LogP contribution in [0.3, 0.4) is 0 Å². The number of hydrogen-bond donors (Lipinski definition) is 0. The molecule has 0 fully saturated rings. The largest absolute Gasteiger partial charge is 0.280 e. The molecule has 1 aromatic heterocycles. The molecule has 0 N–H and O–H groups in total. The van der Waals surface area contributed by atoms with Crippen LogP contribution < -0.4 is 0 Å². The van der Waals surface area contributed by atoms with Crippen molar-refractivity contribution in [2.24, 2.45) is 4.99 Å². The second kappa shape index (κ2) is 4.97. The van der Waals surface area contributed by atoms with Crippen molar-refractivity contribution >= 4 is 11.3 Å². The molecule has 0 aliphatic carbocycles. The van der Waals surface area contributed by atoms with Gasteiger partial charge in [-0.15, -0.1) is 0 Å². The van der Waals surface area contributed by atoms with E-state index in [9.17, 15) is 0 Å². The third kappa shape index (κ3) is 2.23. The van der Waals surface area contributed by atoms with Crippen LogP contribution in [0.15, 0.2) is 35.5 Å². The van der Waals surface area contributed by atoms with Crippen molar-refractivity contribution in [1.82, 2.24) is 4.98 Å². The van der Waals surface area contributed by atoms with E-state index in [1.807, 2.05) is 19.1 Å². The minimum Gasteiger partial charge on any atom is -0.280 e. The summed E-state index contributed by atoms with van der Waals surface area (Å²) < 4.78 is 0. The summed E-state index contributed by atoms with van der Waals surface area (Å²) in [5.74, 6) is 0. The first-order valence-electron chi connectivity index (χ1n) is 5.96. The van der Waals surface area contributed by atoms with E-state index in [4.69, 9.17) is 5.26 Å². The monoisotopic (exact) mass is 237 g/mol. The Balaban J connectivity index is 2.28. The van der Waals surface area contributed by atoms with Crippen molar-refractivity contribution < 1.29 is 0 Å². The molecular formula is C15H15N3. The van der Waals surface area contributed by atoms with Gasteiger partial charge in [0.25, 0.3) is 0 Å². The van der Waals surface area contributed by atoms with Crippen molar-refractivity contribution in [3.8, 4) is 6.07 Å². The van der Waals surface area contributed by atoms with Crippen molar-refractivity contribution in [3.05, 3.63) is 47.3 Å². The summed E-state index contributed by atoms with van der Waals surface area (Å²) in [6.45, 7) is 8.63. The van der Waals surface area contributed by atoms with Gasteiger partial charge in [-0.1, -0.05) is 13.5 Å². The van der Waals surface area contributed by atoms with E-state index < -0.39 is 0 Å². The topological polar surface area (TPSA) is 49.0 Å². The van der Waals surface area contributed by atoms with Gasteiger partial charge in [-0.2, -0.15) is 5.26 Å². The van der Waals surface area contributed by atoms with Gasteiger partial charge in [-0.25, -0.2) is 0 Å². The molecule has 0 saturated heterocycles. The number of nitriles is 1. The third-order valence-corrected chi connectivity index (χ3v) is 3.08. The molecule has 0 unspecified atom stereocenters. The number of nitrogens with zero attached hydrogens (tertiary/aromatic N) is 3. The van der Waals surface area contributed by atoms with Gasteiger partial charge < -0.3 is 0 Å². The maximum absolute atomic E-state index is 8.88. The van der Waals surface area contributed by atoms with Crippen molar-refractivity contribution in [3.63, 3.8) is 0 Å². The van der Waals surface area contributed by atoms with E-state index in [1.165, 1.54) is 0 Å². The Hall–Kier alpha value is -2.21. The molecule has 90 valence electrons.